The SMILES string of the molecule is CCCCCC(CC(=O)c1ccccc1)[N+](=O)[O-]. The zero-order chi connectivity index (χ0) is 13.4. The molecule has 1 aromatic rings. The minimum absolute atomic E-state index is 0.000722. The lowest BCUT2D eigenvalue weighted by molar-refractivity contribution is -0.522. The van der Waals surface area contributed by atoms with Crippen LogP contribution in [0, 0.1) is 10.1 Å². The Bertz CT molecular complexity index is 389. The van der Waals surface area contributed by atoms with E-state index in [1.807, 2.05) is 6.07 Å². The van der Waals surface area contributed by atoms with Gasteiger partial charge in [0.2, 0.25) is 6.04 Å². The fraction of sp³-hybridized carbons (Fsp3) is 0.500. The maximum atomic E-state index is 11.9. The lowest BCUT2D eigenvalue weighted by atomic mass is 10.00. The Morgan fingerprint density at radius 1 is 1.28 bits per heavy atom. The summed E-state index contributed by atoms with van der Waals surface area (Å²) in [6.45, 7) is 2.05. The first-order valence-electron chi connectivity index (χ1n) is 6.37. The Kier molecular flexibility index (Phi) is 6.05. The summed E-state index contributed by atoms with van der Waals surface area (Å²) >= 11 is 0. The van der Waals surface area contributed by atoms with Crippen molar-refractivity contribution in [3.05, 3.63) is 46.0 Å². The van der Waals surface area contributed by atoms with Crippen LogP contribution >= 0.6 is 0 Å². The van der Waals surface area contributed by atoms with Gasteiger partial charge in [-0.25, -0.2) is 0 Å². The first-order valence-corrected chi connectivity index (χ1v) is 6.37. The molecule has 0 saturated carbocycles. The molecule has 0 fully saturated rings. The van der Waals surface area contributed by atoms with E-state index in [4.69, 9.17) is 0 Å². The average molecular weight is 249 g/mol. The number of rotatable bonds is 8. The average Bonchev–Trinajstić information content (AvgIpc) is 2.38. The van der Waals surface area contributed by atoms with Gasteiger partial charge in [-0.15, -0.1) is 0 Å². The molecule has 0 saturated heterocycles. The summed E-state index contributed by atoms with van der Waals surface area (Å²) < 4.78 is 0. The molecular weight excluding hydrogens is 230 g/mol. The van der Waals surface area contributed by atoms with Gasteiger partial charge in [0.1, 0.15) is 0 Å². The lowest BCUT2D eigenvalue weighted by Crippen LogP contribution is -2.23. The van der Waals surface area contributed by atoms with Crippen LogP contribution in [-0.2, 0) is 0 Å². The minimum atomic E-state index is -0.746. The molecule has 18 heavy (non-hydrogen) atoms. The van der Waals surface area contributed by atoms with Gasteiger partial charge in [0, 0.05) is 16.9 Å². The van der Waals surface area contributed by atoms with Crippen LogP contribution in [0.1, 0.15) is 49.4 Å². The topological polar surface area (TPSA) is 60.2 Å². The Labute approximate surface area is 107 Å². The van der Waals surface area contributed by atoms with Crippen LogP contribution in [0.15, 0.2) is 30.3 Å². The first kappa shape index (κ1) is 14.4. The molecule has 0 bridgehead atoms. The molecular formula is C14H19NO3. The highest BCUT2D eigenvalue weighted by Crippen LogP contribution is 2.13. The zero-order valence-electron chi connectivity index (χ0n) is 10.7. The largest absolute Gasteiger partial charge is 0.294 e. The van der Waals surface area contributed by atoms with Crippen molar-refractivity contribution in [3.8, 4) is 0 Å². The van der Waals surface area contributed by atoms with E-state index in [9.17, 15) is 14.9 Å². The molecule has 0 spiro atoms. The quantitative estimate of drug-likeness (QED) is 0.306. The predicted octanol–water partition coefficient (Wildman–Crippen LogP) is 3.49. The fourth-order valence-corrected chi connectivity index (χ4v) is 1.87. The first-order chi connectivity index (χ1) is 8.65. The number of Topliss-reactive ketones (excluding diaryl/α,β-unsaturated/α-hetero) is 1. The van der Waals surface area contributed by atoms with E-state index < -0.39 is 6.04 Å². The van der Waals surface area contributed by atoms with Crippen LogP contribution in [-0.4, -0.2) is 16.7 Å². The van der Waals surface area contributed by atoms with Gasteiger partial charge in [0.25, 0.3) is 0 Å². The van der Waals surface area contributed by atoms with Gasteiger partial charge in [-0.3, -0.25) is 14.9 Å². The third-order valence-electron chi connectivity index (χ3n) is 2.96. The highest BCUT2D eigenvalue weighted by Gasteiger charge is 2.23. The summed E-state index contributed by atoms with van der Waals surface area (Å²) in [6.07, 6.45) is 3.30. The highest BCUT2D eigenvalue weighted by molar-refractivity contribution is 5.96. The van der Waals surface area contributed by atoms with Crippen molar-refractivity contribution in [2.24, 2.45) is 0 Å². The highest BCUT2D eigenvalue weighted by atomic mass is 16.6. The molecule has 4 heteroatoms. The van der Waals surface area contributed by atoms with Gasteiger partial charge in [0.15, 0.2) is 5.78 Å². The molecule has 0 radical (unpaired) electrons. The third-order valence-corrected chi connectivity index (χ3v) is 2.96. The van der Waals surface area contributed by atoms with Crippen LogP contribution in [0.3, 0.4) is 0 Å². The molecule has 98 valence electrons. The van der Waals surface area contributed by atoms with Gasteiger partial charge in [-0.2, -0.15) is 0 Å². The molecule has 0 N–H and O–H groups in total. The molecule has 0 aliphatic heterocycles. The fourth-order valence-electron chi connectivity index (χ4n) is 1.87. The van der Waals surface area contributed by atoms with E-state index in [0.717, 1.165) is 19.3 Å². The number of hydrogen-bond acceptors (Lipinski definition) is 3. The number of carbonyl (C=O) groups excluding carboxylic acids is 1. The van der Waals surface area contributed by atoms with Crippen molar-refractivity contribution in [2.75, 3.05) is 0 Å². The van der Waals surface area contributed by atoms with Gasteiger partial charge in [-0.1, -0.05) is 50.1 Å². The Morgan fingerprint density at radius 2 is 1.94 bits per heavy atom. The van der Waals surface area contributed by atoms with Crippen LogP contribution in [0.4, 0.5) is 0 Å². The number of unbranched alkanes of at least 4 members (excludes halogenated alkanes) is 2. The summed E-state index contributed by atoms with van der Waals surface area (Å²) in [5, 5.41) is 10.9. The summed E-state index contributed by atoms with van der Waals surface area (Å²) in [7, 11) is 0. The molecule has 4 nitrogen and oxygen atoms in total. The smallest absolute Gasteiger partial charge is 0.220 e. The van der Waals surface area contributed by atoms with E-state index in [2.05, 4.69) is 6.92 Å². The number of nitro groups is 1. The van der Waals surface area contributed by atoms with Crippen LogP contribution in [0.2, 0.25) is 0 Å². The Morgan fingerprint density at radius 3 is 2.50 bits per heavy atom. The van der Waals surface area contributed by atoms with Crippen LogP contribution in [0.5, 0.6) is 0 Å². The second kappa shape index (κ2) is 7.58. The second-order valence-electron chi connectivity index (χ2n) is 4.43. The van der Waals surface area contributed by atoms with Crippen LogP contribution in [0.25, 0.3) is 0 Å². The third kappa shape index (κ3) is 4.65. The van der Waals surface area contributed by atoms with Gasteiger partial charge >= 0.3 is 0 Å². The van der Waals surface area contributed by atoms with Crippen molar-refractivity contribution in [1.29, 1.82) is 0 Å². The van der Waals surface area contributed by atoms with E-state index >= 15 is 0 Å². The Balaban J connectivity index is 2.55. The maximum Gasteiger partial charge on any atom is 0.220 e. The number of ketones is 1. The number of benzene rings is 1. The molecule has 1 aromatic carbocycles. The molecule has 0 aliphatic rings. The normalized spacial score (nSPS) is 12.1. The monoisotopic (exact) mass is 249 g/mol. The molecule has 0 amide bonds. The van der Waals surface area contributed by atoms with Crippen molar-refractivity contribution in [1.82, 2.24) is 0 Å². The minimum Gasteiger partial charge on any atom is -0.294 e. The molecule has 0 aromatic heterocycles. The van der Waals surface area contributed by atoms with Crippen molar-refractivity contribution < 1.29 is 9.72 Å². The number of nitrogens with zero attached hydrogens (tertiary/aromatic N) is 1. The summed E-state index contributed by atoms with van der Waals surface area (Å²) in [4.78, 5) is 22.5. The van der Waals surface area contributed by atoms with Crippen molar-refractivity contribution >= 4 is 5.78 Å². The standard InChI is InChI=1S/C14H19NO3/c1-2-3-5-10-13(15(17)18)11-14(16)12-8-6-4-7-9-12/h4,6-9,13H,2-3,5,10-11H2,1H3. The number of carbonyl (C=O) groups is 1. The van der Waals surface area contributed by atoms with Gasteiger partial charge < -0.3 is 0 Å². The van der Waals surface area contributed by atoms with E-state index in [1.165, 1.54) is 0 Å². The van der Waals surface area contributed by atoms with Crippen molar-refractivity contribution in [2.45, 2.75) is 45.1 Å². The molecule has 0 aliphatic carbocycles. The van der Waals surface area contributed by atoms with Gasteiger partial charge in [0.05, 0.1) is 6.42 Å². The van der Waals surface area contributed by atoms with E-state index in [1.54, 1.807) is 24.3 Å². The molecule has 1 atom stereocenters. The lowest BCUT2D eigenvalue weighted by Gasteiger charge is -2.08. The maximum absolute atomic E-state index is 11.9. The van der Waals surface area contributed by atoms with E-state index in [-0.39, 0.29) is 17.1 Å². The van der Waals surface area contributed by atoms with Crippen LogP contribution < -0.4 is 0 Å². The summed E-state index contributed by atoms with van der Waals surface area (Å²) in [5.74, 6) is -0.145. The number of hydrogen-bond donors (Lipinski definition) is 0. The summed E-state index contributed by atoms with van der Waals surface area (Å²) in [5.41, 5.74) is 0.555. The summed E-state index contributed by atoms with van der Waals surface area (Å²) in [6, 6.07) is 8.01. The molecule has 1 rings (SSSR count). The molecule has 0 heterocycles. The predicted molar refractivity (Wildman–Crippen MR) is 70.3 cm³/mol. The molecule has 1 unspecified atom stereocenters. The van der Waals surface area contributed by atoms with E-state index in [0.29, 0.717) is 12.0 Å². The Hall–Kier alpha value is -1.71. The zero-order valence-corrected chi connectivity index (χ0v) is 10.7. The van der Waals surface area contributed by atoms with Crippen molar-refractivity contribution in [3.63, 3.8) is 0 Å². The van der Waals surface area contributed by atoms with Gasteiger partial charge in [-0.05, 0) is 6.42 Å². The second-order valence-corrected chi connectivity index (χ2v) is 4.43.